The Morgan fingerprint density at radius 3 is 2.55 bits per heavy atom. The van der Waals surface area contributed by atoms with Gasteiger partial charge in [-0.2, -0.15) is 0 Å². The van der Waals surface area contributed by atoms with Gasteiger partial charge in [0.05, 0.1) is 20.8 Å². The zero-order chi connectivity index (χ0) is 24.0. The van der Waals surface area contributed by atoms with Gasteiger partial charge in [-0.1, -0.05) is 40.6 Å². The fourth-order valence-corrected chi connectivity index (χ4v) is 4.63. The highest BCUT2D eigenvalue weighted by molar-refractivity contribution is 9.10. The average Bonchev–Trinajstić information content (AvgIpc) is 2.82. The minimum atomic E-state index is -0.507. The normalized spacial score (nSPS) is 18.2. The fourth-order valence-electron chi connectivity index (χ4n) is 4.21. The van der Waals surface area contributed by atoms with Gasteiger partial charge >= 0.3 is 5.97 Å². The van der Waals surface area contributed by atoms with E-state index in [1.807, 2.05) is 24.3 Å². The van der Waals surface area contributed by atoms with E-state index in [2.05, 4.69) is 15.9 Å². The Morgan fingerprint density at radius 1 is 1.15 bits per heavy atom. The molecule has 0 heterocycles. The highest BCUT2D eigenvalue weighted by Gasteiger charge is 2.36. The molecular weight excluding hydrogens is 490 g/mol. The first-order chi connectivity index (χ1) is 15.9. The Balaban J connectivity index is 2.05. The number of carbonyl (C=O) groups excluding carboxylic acids is 2. The van der Waals surface area contributed by atoms with E-state index in [1.54, 1.807) is 12.1 Å². The van der Waals surface area contributed by atoms with Crippen molar-refractivity contribution in [2.75, 3.05) is 20.8 Å². The van der Waals surface area contributed by atoms with Gasteiger partial charge in [0.1, 0.15) is 28.9 Å². The summed E-state index contributed by atoms with van der Waals surface area (Å²) in [6.45, 7) is -0.223. The number of halogens is 1. The molecule has 1 aliphatic carbocycles. The molecule has 0 radical (unpaired) electrons. The molecule has 0 amide bonds. The van der Waals surface area contributed by atoms with E-state index in [9.17, 15) is 14.7 Å². The number of methoxy groups -OCH3 is 2. The smallest absolute Gasteiger partial charge is 0.319 e. The molecule has 2 atom stereocenters. The van der Waals surface area contributed by atoms with Crippen LogP contribution in [0.25, 0.3) is 6.08 Å². The number of carbonyl (C=O) groups is 2. The molecule has 1 aliphatic rings. The van der Waals surface area contributed by atoms with E-state index >= 15 is 0 Å². The summed E-state index contributed by atoms with van der Waals surface area (Å²) in [7, 11) is 2.91. The third kappa shape index (κ3) is 5.75. The first-order valence-electron chi connectivity index (χ1n) is 10.7. The number of phenolic OH excluding ortho intramolecular Hbond substituents is 1. The van der Waals surface area contributed by atoms with Crippen molar-refractivity contribution < 1.29 is 28.9 Å². The predicted molar refractivity (Wildman–Crippen MR) is 129 cm³/mol. The molecule has 176 valence electrons. The van der Waals surface area contributed by atoms with Crippen LogP contribution in [0.1, 0.15) is 53.1 Å². The number of rotatable bonds is 8. The lowest BCUT2D eigenvalue weighted by atomic mass is 9.79. The van der Waals surface area contributed by atoms with Crippen LogP contribution in [-0.2, 0) is 9.53 Å². The van der Waals surface area contributed by atoms with Gasteiger partial charge in [0.15, 0.2) is 5.78 Å². The Labute approximate surface area is 201 Å². The monoisotopic (exact) mass is 517 g/mol. The third-order valence-electron chi connectivity index (χ3n) is 5.75. The van der Waals surface area contributed by atoms with Crippen molar-refractivity contribution >= 4 is 33.8 Å². The molecule has 0 aliphatic heterocycles. The molecule has 0 aromatic heterocycles. The van der Waals surface area contributed by atoms with Gasteiger partial charge in [-0.25, -0.2) is 0 Å². The highest BCUT2D eigenvalue weighted by Crippen LogP contribution is 2.48. The Morgan fingerprint density at radius 2 is 1.88 bits per heavy atom. The summed E-state index contributed by atoms with van der Waals surface area (Å²) >= 11 is 3.41. The number of hydrogen-bond donors (Lipinski definition) is 2. The quantitative estimate of drug-likeness (QED) is 0.299. The number of benzene rings is 2. The van der Waals surface area contributed by atoms with Crippen molar-refractivity contribution in [1.29, 1.82) is 0 Å². The van der Waals surface area contributed by atoms with E-state index in [0.717, 1.165) is 22.9 Å². The highest BCUT2D eigenvalue weighted by atomic mass is 79.9. The van der Waals surface area contributed by atoms with Crippen molar-refractivity contribution in [3.63, 3.8) is 0 Å². The van der Waals surface area contributed by atoms with E-state index in [-0.39, 0.29) is 29.5 Å². The maximum Gasteiger partial charge on any atom is 0.319 e. The molecule has 0 spiro atoms. The lowest BCUT2D eigenvalue weighted by Crippen LogP contribution is -2.31. The summed E-state index contributed by atoms with van der Waals surface area (Å²) in [5.41, 5.74) is 6.73. The predicted octanol–water partition coefficient (Wildman–Crippen LogP) is 4.60. The van der Waals surface area contributed by atoms with Gasteiger partial charge in [-0.3, -0.25) is 9.59 Å². The number of allylic oxidation sites excluding steroid dienone is 1. The van der Waals surface area contributed by atoms with Gasteiger partial charge in [0.2, 0.25) is 0 Å². The van der Waals surface area contributed by atoms with Crippen LogP contribution in [0.2, 0.25) is 0 Å². The first-order valence-corrected chi connectivity index (χ1v) is 11.5. The van der Waals surface area contributed by atoms with Crippen LogP contribution in [0.15, 0.2) is 40.9 Å². The average molecular weight is 518 g/mol. The maximum atomic E-state index is 13.2. The van der Waals surface area contributed by atoms with E-state index in [0.29, 0.717) is 24.2 Å². The molecule has 0 bridgehead atoms. The first kappa shape index (κ1) is 24.8. The van der Waals surface area contributed by atoms with Crippen molar-refractivity contribution in [2.24, 2.45) is 5.73 Å². The van der Waals surface area contributed by atoms with Crippen LogP contribution in [0.4, 0.5) is 0 Å². The molecule has 1 saturated carbocycles. The van der Waals surface area contributed by atoms with Crippen molar-refractivity contribution in [2.45, 2.75) is 37.7 Å². The van der Waals surface area contributed by atoms with Gasteiger partial charge in [-0.15, -0.1) is 0 Å². The Kier molecular flexibility index (Phi) is 8.52. The zero-order valence-corrected chi connectivity index (χ0v) is 20.3. The van der Waals surface area contributed by atoms with Crippen LogP contribution in [-0.4, -0.2) is 43.7 Å². The summed E-state index contributed by atoms with van der Waals surface area (Å²) in [5, 5.41) is 11.3. The Bertz CT molecular complexity index is 1050. The topological polar surface area (TPSA) is 108 Å². The van der Waals surface area contributed by atoms with E-state index in [4.69, 9.17) is 19.9 Å². The minimum Gasteiger partial charge on any atom is -0.507 e. The third-order valence-corrected chi connectivity index (χ3v) is 6.24. The van der Waals surface area contributed by atoms with Crippen molar-refractivity contribution in [3.8, 4) is 17.2 Å². The van der Waals surface area contributed by atoms with Crippen LogP contribution < -0.4 is 15.2 Å². The summed E-state index contributed by atoms with van der Waals surface area (Å²) < 4.78 is 17.4. The summed E-state index contributed by atoms with van der Waals surface area (Å²) in [4.78, 5) is 25.1. The van der Waals surface area contributed by atoms with Crippen LogP contribution in [0, 0.1) is 0 Å². The maximum absolute atomic E-state index is 13.2. The van der Waals surface area contributed by atoms with Crippen LogP contribution >= 0.6 is 15.9 Å². The summed E-state index contributed by atoms with van der Waals surface area (Å²) in [6.07, 6.45) is 5.67. The second-order valence-electron chi connectivity index (χ2n) is 7.79. The van der Waals surface area contributed by atoms with Crippen LogP contribution in [0.3, 0.4) is 0 Å². The summed E-state index contributed by atoms with van der Waals surface area (Å²) in [5.74, 6) is -0.918. The van der Waals surface area contributed by atoms with Gasteiger partial charge in [-0.05, 0) is 43.0 Å². The standard InChI is InChI=1S/C25H28BrNO6/c1-31-20-13-21(32-2)24(18(28)11-10-15-6-5-7-16(26)12-15)25(30)23(20)17-8-3-4-9-19(17)33-22(29)14-27/h5-7,10-13,17,19,30H,3-4,8-9,14,27H2,1-2H3/b11-10+/t17-,19-/m1/s1. The number of phenols is 1. The number of ketones is 1. The number of esters is 1. The zero-order valence-electron chi connectivity index (χ0n) is 18.7. The van der Waals surface area contributed by atoms with Gasteiger partial charge in [0, 0.05) is 22.0 Å². The van der Waals surface area contributed by atoms with E-state index in [1.165, 1.54) is 20.3 Å². The SMILES string of the molecule is COc1cc(OC)c([C@@H]2CCCC[C@H]2OC(=O)CN)c(O)c1C(=O)/C=C/c1cccc(Br)c1. The molecule has 3 N–H and O–H groups in total. The molecule has 1 fully saturated rings. The number of hydrogen-bond acceptors (Lipinski definition) is 7. The van der Waals surface area contributed by atoms with Gasteiger partial charge in [0.25, 0.3) is 0 Å². The lowest BCUT2D eigenvalue weighted by Gasteiger charge is -2.33. The second-order valence-corrected chi connectivity index (χ2v) is 8.71. The summed E-state index contributed by atoms with van der Waals surface area (Å²) in [6, 6.07) is 9.08. The molecule has 2 aromatic carbocycles. The fraction of sp³-hybridized carbons (Fsp3) is 0.360. The molecule has 3 rings (SSSR count). The van der Waals surface area contributed by atoms with Gasteiger partial charge < -0.3 is 25.1 Å². The molecular formula is C25H28BrNO6. The molecule has 0 unspecified atom stereocenters. The van der Waals surface area contributed by atoms with E-state index < -0.39 is 17.9 Å². The molecule has 2 aromatic rings. The molecule has 7 nitrogen and oxygen atoms in total. The van der Waals surface area contributed by atoms with Crippen molar-refractivity contribution in [3.05, 3.63) is 57.6 Å². The second kappa shape index (κ2) is 11.3. The number of aromatic hydroxyl groups is 1. The minimum absolute atomic E-state index is 0.0361. The molecule has 0 saturated heterocycles. The molecule has 33 heavy (non-hydrogen) atoms. The largest absolute Gasteiger partial charge is 0.507 e. The lowest BCUT2D eigenvalue weighted by molar-refractivity contribution is -0.149. The Hall–Kier alpha value is -2.84. The molecule has 8 heteroatoms. The van der Waals surface area contributed by atoms with Crippen molar-refractivity contribution in [1.82, 2.24) is 0 Å². The number of nitrogens with two attached hydrogens (primary N) is 1. The van der Waals surface area contributed by atoms with Crippen LogP contribution in [0.5, 0.6) is 17.2 Å². The number of ether oxygens (including phenoxy) is 3.